The van der Waals surface area contributed by atoms with Crippen LogP contribution in [-0.2, 0) is 6.54 Å². The van der Waals surface area contributed by atoms with E-state index in [2.05, 4.69) is 41.4 Å². The van der Waals surface area contributed by atoms with Crippen LogP contribution in [0.5, 0.6) is 0 Å². The van der Waals surface area contributed by atoms with Gasteiger partial charge in [0.15, 0.2) is 0 Å². The molecule has 1 aromatic rings. The molecule has 1 aromatic carbocycles. The maximum absolute atomic E-state index is 3.59. The minimum atomic E-state index is 0.743. The zero-order valence-electron chi connectivity index (χ0n) is 12.8. The first-order valence-corrected chi connectivity index (χ1v) is 8.46. The molecule has 1 aliphatic heterocycles. The Morgan fingerprint density at radius 2 is 1.85 bits per heavy atom. The molecule has 1 heterocycles. The van der Waals surface area contributed by atoms with Gasteiger partial charge in [-0.1, -0.05) is 31.9 Å². The fraction of sp³-hybridized carbons (Fsp3) is 0.667. The van der Waals surface area contributed by atoms with Crippen LogP contribution < -0.4 is 10.2 Å². The van der Waals surface area contributed by atoms with Crippen LogP contribution in [0.1, 0.15) is 57.4 Å². The van der Waals surface area contributed by atoms with Crippen LogP contribution >= 0.6 is 0 Å². The minimum Gasteiger partial charge on any atom is -0.369 e. The second kappa shape index (κ2) is 6.62. The highest BCUT2D eigenvalue weighted by Crippen LogP contribution is 2.26. The molecule has 2 fully saturated rings. The first-order valence-electron chi connectivity index (χ1n) is 8.46. The van der Waals surface area contributed by atoms with E-state index in [-0.39, 0.29) is 0 Å². The van der Waals surface area contributed by atoms with E-state index in [9.17, 15) is 0 Å². The van der Waals surface area contributed by atoms with Crippen LogP contribution in [0.4, 0.5) is 5.69 Å². The van der Waals surface area contributed by atoms with Gasteiger partial charge in [0.2, 0.25) is 0 Å². The van der Waals surface area contributed by atoms with Gasteiger partial charge in [-0.2, -0.15) is 0 Å². The van der Waals surface area contributed by atoms with E-state index in [1.54, 1.807) is 0 Å². The van der Waals surface area contributed by atoms with Crippen LogP contribution in [0.15, 0.2) is 24.3 Å². The molecule has 1 unspecified atom stereocenters. The Kier molecular flexibility index (Phi) is 4.62. The molecule has 0 aromatic heterocycles. The van der Waals surface area contributed by atoms with Crippen molar-refractivity contribution in [2.24, 2.45) is 0 Å². The summed E-state index contributed by atoms with van der Waals surface area (Å²) in [5.41, 5.74) is 2.84. The largest absolute Gasteiger partial charge is 0.369 e. The summed E-state index contributed by atoms with van der Waals surface area (Å²) in [5, 5.41) is 3.59. The van der Waals surface area contributed by atoms with Crippen molar-refractivity contribution in [2.75, 3.05) is 11.4 Å². The molecule has 1 atom stereocenters. The normalized spacial score (nSPS) is 23.6. The molecule has 0 bridgehead atoms. The van der Waals surface area contributed by atoms with Crippen molar-refractivity contribution >= 4 is 5.69 Å². The Labute approximate surface area is 123 Å². The molecule has 1 saturated heterocycles. The Balaban J connectivity index is 1.64. The third kappa shape index (κ3) is 3.54. The number of nitrogens with one attached hydrogen (secondary N) is 1. The number of benzene rings is 1. The maximum Gasteiger partial charge on any atom is 0.0368 e. The van der Waals surface area contributed by atoms with Gasteiger partial charge in [-0.05, 0) is 49.8 Å². The monoisotopic (exact) mass is 272 g/mol. The van der Waals surface area contributed by atoms with Gasteiger partial charge in [-0.25, -0.2) is 0 Å². The van der Waals surface area contributed by atoms with E-state index in [0.29, 0.717) is 0 Å². The lowest BCUT2D eigenvalue weighted by molar-refractivity contribution is 0.556. The van der Waals surface area contributed by atoms with Gasteiger partial charge in [0.1, 0.15) is 0 Å². The van der Waals surface area contributed by atoms with Crippen LogP contribution in [0.3, 0.4) is 0 Å². The summed E-state index contributed by atoms with van der Waals surface area (Å²) >= 11 is 0. The standard InChI is InChI=1S/C18H28N2/c1-2-17-6-4-3-5-13-20(17)18-11-7-15(8-12-18)14-19-16-9-10-16/h7-8,11-12,16-17,19H,2-6,9-10,13-14H2,1H3. The van der Waals surface area contributed by atoms with Gasteiger partial charge in [-0.3, -0.25) is 0 Å². The van der Waals surface area contributed by atoms with Gasteiger partial charge < -0.3 is 10.2 Å². The van der Waals surface area contributed by atoms with Crippen molar-refractivity contribution in [2.45, 2.75) is 70.5 Å². The number of anilines is 1. The van der Waals surface area contributed by atoms with Crippen molar-refractivity contribution in [3.63, 3.8) is 0 Å². The highest BCUT2D eigenvalue weighted by atomic mass is 15.2. The van der Waals surface area contributed by atoms with Crippen molar-refractivity contribution in [1.82, 2.24) is 5.32 Å². The Morgan fingerprint density at radius 3 is 2.55 bits per heavy atom. The minimum absolute atomic E-state index is 0.743. The third-order valence-electron chi connectivity index (χ3n) is 4.79. The molecular weight excluding hydrogens is 244 g/mol. The molecule has 0 spiro atoms. The van der Waals surface area contributed by atoms with E-state index >= 15 is 0 Å². The average molecular weight is 272 g/mol. The van der Waals surface area contributed by atoms with E-state index in [1.807, 2.05) is 0 Å². The second-order valence-corrected chi connectivity index (χ2v) is 6.43. The molecule has 1 N–H and O–H groups in total. The third-order valence-corrected chi connectivity index (χ3v) is 4.79. The molecule has 1 saturated carbocycles. The number of hydrogen-bond acceptors (Lipinski definition) is 2. The summed E-state index contributed by atoms with van der Waals surface area (Å²) < 4.78 is 0. The van der Waals surface area contributed by atoms with E-state index < -0.39 is 0 Å². The smallest absolute Gasteiger partial charge is 0.0368 e. The molecule has 2 aliphatic rings. The predicted octanol–water partition coefficient (Wildman–Crippen LogP) is 4.10. The highest BCUT2D eigenvalue weighted by molar-refractivity contribution is 5.48. The van der Waals surface area contributed by atoms with Crippen molar-refractivity contribution < 1.29 is 0 Å². The fourth-order valence-electron chi connectivity index (χ4n) is 3.30. The molecule has 110 valence electrons. The molecule has 0 amide bonds. The molecule has 2 nitrogen and oxygen atoms in total. The fourth-order valence-corrected chi connectivity index (χ4v) is 3.30. The van der Waals surface area contributed by atoms with Gasteiger partial charge >= 0.3 is 0 Å². The van der Waals surface area contributed by atoms with Gasteiger partial charge in [0.05, 0.1) is 0 Å². The van der Waals surface area contributed by atoms with Crippen LogP contribution in [-0.4, -0.2) is 18.6 Å². The van der Waals surface area contributed by atoms with Crippen molar-refractivity contribution in [3.05, 3.63) is 29.8 Å². The first kappa shape index (κ1) is 13.9. The average Bonchev–Trinajstić information content (AvgIpc) is 3.32. The maximum atomic E-state index is 3.59. The zero-order chi connectivity index (χ0) is 13.8. The Hall–Kier alpha value is -1.02. The lowest BCUT2D eigenvalue weighted by atomic mass is 10.1. The number of rotatable bonds is 5. The molecular formula is C18H28N2. The van der Waals surface area contributed by atoms with Crippen LogP contribution in [0, 0.1) is 0 Å². The summed E-state index contributed by atoms with van der Waals surface area (Å²) in [5.74, 6) is 0. The van der Waals surface area contributed by atoms with Crippen LogP contribution in [0.2, 0.25) is 0 Å². The van der Waals surface area contributed by atoms with Gasteiger partial charge in [0, 0.05) is 30.9 Å². The molecule has 0 radical (unpaired) electrons. The summed E-state index contributed by atoms with van der Waals surface area (Å²) in [6.07, 6.45) is 9.51. The first-order chi connectivity index (χ1) is 9.86. The van der Waals surface area contributed by atoms with Gasteiger partial charge in [-0.15, -0.1) is 0 Å². The second-order valence-electron chi connectivity index (χ2n) is 6.43. The van der Waals surface area contributed by atoms with Crippen molar-refractivity contribution in [3.8, 4) is 0 Å². The topological polar surface area (TPSA) is 15.3 Å². The lowest BCUT2D eigenvalue weighted by Gasteiger charge is -2.31. The van der Waals surface area contributed by atoms with Crippen LogP contribution in [0.25, 0.3) is 0 Å². The number of nitrogens with zero attached hydrogens (tertiary/aromatic N) is 1. The van der Waals surface area contributed by atoms with E-state index in [0.717, 1.165) is 18.6 Å². The predicted molar refractivity (Wildman–Crippen MR) is 86.2 cm³/mol. The number of hydrogen-bond donors (Lipinski definition) is 1. The molecule has 1 aliphatic carbocycles. The summed E-state index contributed by atoms with van der Waals surface area (Å²) in [6.45, 7) is 4.59. The zero-order valence-corrected chi connectivity index (χ0v) is 12.8. The highest BCUT2D eigenvalue weighted by Gasteiger charge is 2.21. The van der Waals surface area contributed by atoms with Gasteiger partial charge in [0.25, 0.3) is 0 Å². The molecule has 3 rings (SSSR count). The molecule has 20 heavy (non-hydrogen) atoms. The summed E-state index contributed by atoms with van der Waals surface area (Å²) in [4.78, 5) is 2.64. The summed E-state index contributed by atoms with van der Waals surface area (Å²) in [7, 11) is 0. The van der Waals surface area contributed by atoms with Crippen molar-refractivity contribution in [1.29, 1.82) is 0 Å². The summed E-state index contributed by atoms with van der Waals surface area (Å²) in [6, 6.07) is 10.8. The lowest BCUT2D eigenvalue weighted by Crippen LogP contribution is -2.34. The SMILES string of the molecule is CCC1CCCCCN1c1ccc(CNC2CC2)cc1. The Bertz CT molecular complexity index is 408. The quantitative estimate of drug-likeness (QED) is 0.868. The molecule has 2 heteroatoms. The van der Waals surface area contributed by atoms with E-state index in [1.165, 1.54) is 62.7 Å². The Morgan fingerprint density at radius 1 is 1.05 bits per heavy atom. The van der Waals surface area contributed by atoms with E-state index in [4.69, 9.17) is 0 Å².